The quantitative estimate of drug-likeness (QED) is 0.734. The molecule has 30 heavy (non-hydrogen) atoms. The second kappa shape index (κ2) is 8.91. The third-order valence-electron chi connectivity index (χ3n) is 6.28. The van der Waals surface area contributed by atoms with Crippen LogP contribution in [0.15, 0.2) is 52.3 Å². The predicted octanol–water partition coefficient (Wildman–Crippen LogP) is 4.93. The van der Waals surface area contributed by atoms with E-state index in [1.165, 1.54) is 26.7 Å². The zero-order valence-corrected chi connectivity index (χ0v) is 19.6. The highest BCUT2D eigenvalue weighted by atomic mass is 32.2. The summed E-state index contributed by atoms with van der Waals surface area (Å²) in [6, 6.07) is 15.8. The molecule has 2 aliphatic rings. The summed E-state index contributed by atoms with van der Waals surface area (Å²) >= 11 is 1.89. The second-order valence-electron chi connectivity index (χ2n) is 9.52. The van der Waals surface area contributed by atoms with E-state index in [0.29, 0.717) is 0 Å². The van der Waals surface area contributed by atoms with Crippen molar-refractivity contribution in [3.8, 4) is 0 Å². The van der Waals surface area contributed by atoms with E-state index in [4.69, 9.17) is 0 Å². The highest BCUT2D eigenvalue weighted by Crippen LogP contribution is 2.49. The van der Waals surface area contributed by atoms with E-state index in [1.807, 2.05) is 18.7 Å². The largest absolute Gasteiger partial charge is 0.379 e. The van der Waals surface area contributed by atoms with Gasteiger partial charge in [-0.2, -0.15) is 0 Å². The van der Waals surface area contributed by atoms with Crippen molar-refractivity contribution >= 4 is 23.1 Å². The number of anilines is 2. The highest BCUT2D eigenvalue weighted by molar-refractivity contribution is 7.99. The van der Waals surface area contributed by atoms with Gasteiger partial charge in [0.05, 0.1) is 11.4 Å². The number of nitrogens with zero attached hydrogens (tertiary/aromatic N) is 3. The molecule has 1 fully saturated rings. The Hall–Kier alpha value is -1.53. The summed E-state index contributed by atoms with van der Waals surface area (Å²) in [6.45, 7) is 14.9. The molecule has 1 atom stereocenters. The molecule has 4 rings (SSSR count). The zero-order chi connectivity index (χ0) is 21.3. The van der Waals surface area contributed by atoms with Crippen molar-refractivity contribution in [2.75, 3.05) is 44.2 Å². The smallest absolute Gasteiger partial charge is 0.104 e. The Morgan fingerprint density at radius 3 is 2.33 bits per heavy atom. The summed E-state index contributed by atoms with van der Waals surface area (Å²) in [5.41, 5.74) is 4.22. The maximum atomic E-state index is 9.77. The monoisotopic (exact) mass is 425 g/mol. The molecule has 0 spiro atoms. The summed E-state index contributed by atoms with van der Waals surface area (Å²) in [5, 5.41) is 9.77. The number of hydrogen-bond acceptors (Lipinski definition) is 5. The average Bonchev–Trinajstić information content (AvgIpc) is 2.72. The van der Waals surface area contributed by atoms with Gasteiger partial charge in [0.25, 0.3) is 0 Å². The Morgan fingerprint density at radius 2 is 1.63 bits per heavy atom. The number of fused-ring (bicyclic) bond motifs is 2. The topological polar surface area (TPSA) is 30.0 Å². The first-order chi connectivity index (χ1) is 14.3. The molecule has 1 N–H and O–H groups in total. The van der Waals surface area contributed by atoms with E-state index < -0.39 is 0 Å². The molecule has 0 aliphatic carbocycles. The van der Waals surface area contributed by atoms with E-state index >= 15 is 0 Å². The van der Waals surface area contributed by atoms with Crippen molar-refractivity contribution in [1.82, 2.24) is 9.80 Å². The number of hydrogen-bond donors (Lipinski definition) is 1. The van der Waals surface area contributed by atoms with Gasteiger partial charge in [-0.1, -0.05) is 50.7 Å². The maximum Gasteiger partial charge on any atom is 0.104 e. The van der Waals surface area contributed by atoms with Crippen molar-refractivity contribution in [1.29, 1.82) is 0 Å². The van der Waals surface area contributed by atoms with Crippen LogP contribution in [0.2, 0.25) is 0 Å². The molecule has 2 aromatic carbocycles. The van der Waals surface area contributed by atoms with Crippen LogP contribution in [0.3, 0.4) is 0 Å². The number of benzene rings is 2. The van der Waals surface area contributed by atoms with Crippen LogP contribution in [0.4, 0.5) is 11.4 Å². The molecule has 0 aromatic heterocycles. The van der Waals surface area contributed by atoms with Crippen LogP contribution in [0, 0.1) is 0 Å². The Balaban J connectivity index is 1.48. The summed E-state index contributed by atoms with van der Waals surface area (Å²) in [7, 11) is 0. The van der Waals surface area contributed by atoms with Crippen LogP contribution in [-0.2, 0) is 5.41 Å². The Labute approximate surface area is 185 Å². The molecule has 0 saturated carbocycles. The first kappa shape index (κ1) is 21.7. The van der Waals surface area contributed by atoms with Gasteiger partial charge in [0, 0.05) is 42.5 Å². The normalized spacial score (nSPS) is 18.8. The molecule has 2 heterocycles. The van der Waals surface area contributed by atoms with Gasteiger partial charge in [0.15, 0.2) is 0 Å². The van der Waals surface area contributed by atoms with Crippen molar-refractivity contribution in [2.45, 2.75) is 55.5 Å². The molecule has 0 radical (unpaired) electrons. The van der Waals surface area contributed by atoms with Crippen LogP contribution < -0.4 is 4.90 Å². The van der Waals surface area contributed by atoms with E-state index in [2.05, 4.69) is 77.9 Å². The van der Waals surface area contributed by atoms with Gasteiger partial charge in [-0.05, 0) is 55.1 Å². The Bertz CT molecular complexity index is 869. The van der Waals surface area contributed by atoms with Gasteiger partial charge in [-0.25, -0.2) is 0 Å². The maximum absolute atomic E-state index is 9.77. The van der Waals surface area contributed by atoms with E-state index in [-0.39, 0.29) is 11.6 Å². The molecule has 1 saturated heterocycles. The van der Waals surface area contributed by atoms with E-state index in [1.54, 1.807) is 0 Å². The van der Waals surface area contributed by atoms with Gasteiger partial charge in [0.1, 0.15) is 6.23 Å². The molecule has 1 unspecified atom stereocenters. The minimum atomic E-state index is -0.331. The van der Waals surface area contributed by atoms with Gasteiger partial charge in [0.2, 0.25) is 0 Å². The molecular formula is C25H35N3OS. The van der Waals surface area contributed by atoms with E-state index in [0.717, 1.165) is 45.7 Å². The predicted molar refractivity (Wildman–Crippen MR) is 127 cm³/mol. The molecule has 5 heteroatoms. The fraction of sp³-hybridized carbons (Fsp3) is 0.520. The molecule has 0 bridgehead atoms. The standard InChI is InChI=1S/C25H35N3OS/c1-19(29)27-16-14-26(15-17-27)12-7-13-28-21-8-5-6-9-23(21)30-24-11-10-20(18-22(24)28)25(2,3)4/h5-6,8-11,18-19,29H,7,12-17H2,1-4H3. The van der Waals surface area contributed by atoms with Crippen LogP contribution in [-0.4, -0.2) is 60.4 Å². The fourth-order valence-corrected chi connectivity index (χ4v) is 5.43. The molecule has 4 nitrogen and oxygen atoms in total. The Morgan fingerprint density at radius 1 is 0.933 bits per heavy atom. The van der Waals surface area contributed by atoms with E-state index in [9.17, 15) is 5.11 Å². The van der Waals surface area contributed by atoms with Crippen molar-refractivity contribution in [2.24, 2.45) is 0 Å². The first-order valence-electron chi connectivity index (χ1n) is 11.2. The van der Waals surface area contributed by atoms with Crippen LogP contribution >= 0.6 is 11.8 Å². The van der Waals surface area contributed by atoms with Gasteiger partial charge in [-0.3, -0.25) is 4.90 Å². The van der Waals surface area contributed by atoms with Crippen molar-refractivity contribution < 1.29 is 5.11 Å². The Kier molecular flexibility index (Phi) is 6.44. The van der Waals surface area contributed by atoms with Crippen LogP contribution in [0.25, 0.3) is 0 Å². The molecule has 2 aromatic rings. The van der Waals surface area contributed by atoms with Gasteiger partial charge in [-0.15, -0.1) is 0 Å². The second-order valence-corrected chi connectivity index (χ2v) is 10.6. The molecule has 162 valence electrons. The summed E-state index contributed by atoms with van der Waals surface area (Å²) < 4.78 is 0. The number of aliphatic hydroxyl groups excluding tert-OH is 1. The summed E-state index contributed by atoms with van der Waals surface area (Å²) in [6.07, 6.45) is 0.801. The number of piperazine rings is 1. The number of rotatable bonds is 5. The van der Waals surface area contributed by atoms with Crippen LogP contribution in [0.1, 0.15) is 39.7 Å². The third kappa shape index (κ3) is 4.70. The molecule has 0 amide bonds. The van der Waals surface area contributed by atoms with Gasteiger partial charge >= 0.3 is 0 Å². The minimum Gasteiger partial charge on any atom is -0.379 e. The summed E-state index contributed by atoms with van der Waals surface area (Å²) in [4.78, 5) is 9.92. The van der Waals surface area contributed by atoms with Gasteiger partial charge < -0.3 is 14.9 Å². The van der Waals surface area contributed by atoms with Crippen molar-refractivity contribution in [3.63, 3.8) is 0 Å². The lowest BCUT2D eigenvalue weighted by Gasteiger charge is -2.37. The first-order valence-corrected chi connectivity index (χ1v) is 12.0. The third-order valence-corrected chi connectivity index (χ3v) is 7.41. The molecule has 2 aliphatic heterocycles. The summed E-state index contributed by atoms with van der Waals surface area (Å²) in [5.74, 6) is 0. The zero-order valence-electron chi connectivity index (χ0n) is 18.8. The number of aliphatic hydroxyl groups is 1. The average molecular weight is 426 g/mol. The number of para-hydroxylation sites is 1. The lowest BCUT2D eigenvalue weighted by molar-refractivity contribution is -0.0127. The minimum absolute atomic E-state index is 0.145. The fourth-order valence-electron chi connectivity index (χ4n) is 4.35. The highest BCUT2D eigenvalue weighted by Gasteiger charge is 2.26. The van der Waals surface area contributed by atoms with Crippen LogP contribution in [0.5, 0.6) is 0 Å². The lowest BCUT2D eigenvalue weighted by atomic mass is 9.87. The molecular weight excluding hydrogens is 390 g/mol. The lowest BCUT2D eigenvalue weighted by Crippen LogP contribution is -2.49. The SMILES string of the molecule is CC(O)N1CCN(CCCN2c3ccccc3Sc3ccc(C(C)(C)C)cc32)CC1. The van der Waals surface area contributed by atoms with Crippen molar-refractivity contribution in [3.05, 3.63) is 48.0 Å².